The van der Waals surface area contributed by atoms with Gasteiger partial charge in [-0.2, -0.15) is 9.78 Å². The molecule has 3 aromatic rings. The molecular weight excluding hydrogens is 448 g/mol. The Morgan fingerprint density at radius 3 is 2.17 bits per heavy atom. The zero-order chi connectivity index (χ0) is 25.7. The molecule has 10 heteroatoms. The maximum Gasteiger partial charge on any atom is 0.329 e. The molecule has 2 aromatic heterocycles. The van der Waals surface area contributed by atoms with Crippen LogP contribution in [0.5, 0.6) is 0 Å². The van der Waals surface area contributed by atoms with E-state index in [2.05, 4.69) is 25.7 Å². The van der Waals surface area contributed by atoms with Gasteiger partial charge < -0.3 is 15.4 Å². The van der Waals surface area contributed by atoms with Crippen LogP contribution in [0.15, 0.2) is 36.4 Å². The highest BCUT2D eigenvalue weighted by atomic mass is 16.5. The molecule has 1 unspecified atom stereocenters. The smallest absolute Gasteiger partial charge is 0.329 e. The minimum atomic E-state index is -0.909. The quantitative estimate of drug-likeness (QED) is 0.477. The van der Waals surface area contributed by atoms with Gasteiger partial charge in [0.1, 0.15) is 11.9 Å². The first-order valence-electron chi connectivity index (χ1n) is 11.3. The lowest BCUT2D eigenvalue weighted by Gasteiger charge is -2.21. The number of esters is 1. The fourth-order valence-electron chi connectivity index (χ4n) is 3.38. The highest BCUT2D eigenvalue weighted by molar-refractivity contribution is 5.97. The van der Waals surface area contributed by atoms with Gasteiger partial charge in [0.25, 0.3) is 17.8 Å². The molecule has 0 saturated carbocycles. The van der Waals surface area contributed by atoms with Crippen molar-refractivity contribution in [3.05, 3.63) is 64.6 Å². The van der Waals surface area contributed by atoms with Crippen LogP contribution in [0.3, 0.4) is 0 Å². The first-order chi connectivity index (χ1) is 16.5. The molecule has 0 aliphatic carbocycles. The van der Waals surface area contributed by atoms with E-state index in [0.717, 1.165) is 17.0 Å². The van der Waals surface area contributed by atoms with Gasteiger partial charge in [-0.05, 0) is 51.8 Å². The molecule has 2 amide bonds. The number of hydrogen-bond acceptors (Lipinski definition) is 7. The van der Waals surface area contributed by atoms with Crippen molar-refractivity contribution >= 4 is 23.6 Å². The Bertz CT molecular complexity index is 1210. The van der Waals surface area contributed by atoms with Crippen molar-refractivity contribution < 1.29 is 19.1 Å². The highest BCUT2D eigenvalue weighted by Gasteiger charge is 2.27. The number of aromatic nitrogens is 4. The van der Waals surface area contributed by atoms with Gasteiger partial charge in [0.05, 0.1) is 5.69 Å². The number of hydrogen-bond donors (Lipinski definition) is 2. The van der Waals surface area contributed by atoms with Crippen LogP contribution in [0.2, 0.25) is 0 Å². The largest absolute Gasteiger partial charge is 0.454 e. The lowest BCUT2D eigenvalue weighted by molar-refractivity contribution is -0.150. The first-order valence-corrected chi connectivity index (χ1v) is 11.3. The zero-order valence-corrected chi connectivity index (χ0v) is 20.7. The molecular formula is C25H30N6O4. The van der Waals surface area contributed by atoms with Crippen LogP contribution in [-0.2, 0) is 14.3 Å². The van der Waals surface area contributed by atoms with E-state index in [1.807, 2.05) is 39.0 Å². The zero-order valence-electron chi connectivity index (χ0n) is 20.7. The van der Waals surface area contributed by atoms with Crippen molar-refractivity contribution in [2.45, 2.75) is 47.6 Å². The molecule has 1 aromatic carbocycles. The second-order valence-electron chi connectivity index (χ2n) is 8.75. The molecule has 3 rings (SSSR count). The van der Waals surface area contributed by atoms with E-state index in [4.69, 9.17) is 4.74 Å². The number of carbonyl (C=O) groups is 3. The summed E-state index contributed by atoms with van der Waals surface area (Å²) in [6, 6.07) is 9.60. The van der Waals surface area contributed by atoms with Gasteiger partial charge in [-0.15, -0.1) is 0 Å². The summed E-state index contributed by atoms with van der Waals surface area (Å²) in [5, 5.41) is 9.73. The molecule has 10 nitrogen and oxygen atoms in total. The van der Waals surface area contributed by atoms with E-state index in [0.29, 0.717) is 23.0 Å². The number of benzene rings is 1. The molecule has 0 radical (unpaired) electrons. The average Bonchev–Trinajstić information content (AvgIpc) is 3.15. The van der Waals surface area contributed by atoms with Crippen molar-refractivity contribution in [3.63, 3.8) is 0 Å². The summed E-state index contributed by atoms with van der Waals surface area (Å²) in [7, 11) is 0. The molecule has 0 saturated heterocycles. The van der Waals surface area contributed by atoms with Crippen molar-refractivity contribution in [1.82, 2.24) is 25.1 Å². The Morgan fingerprint density at radius 1 is 0.943 bits per heavy atom. The van der Waals surface area contributed by atoms with Gasteiger partial charge in [0.15, 0.2) is 6.61 Å². The molecule has 184 valence electrons. The third-order valence-corrected chi connectivity index (χ3v) is 5.13. The summed E-state index contributed by atoms with van der Waals surface area (Å²) in [6.07, 6.45) is 0. The fraction of sp³-hybridized carbons (Fsp3) is 0.360. The molecule has 2 heterocycles. The maximum atomic E-state index is 12.7. The number of ether oxygens (including phenoxy) is 1. The molecule has 0 spiro atoms. The number of rotatable bonds is 8. The molecule has 0 fully saturated rings. The molecule has 0 aliphatic heterocycles. The second-order valence-corrected chi connectivity index (χ2v) is 8.75. The number of amides is 2. The van der Waals surface area contributed by atoms with E-state index in [9.17, 15) is 14.4 Å². The van der Waals surface area contributed by atoms with Gasteiger partial charge in [-0.1, -0.05) is 31.5 Å². The van der Waals surface area contributed by atoms with Gasteiger partial charge in [-0.3, -0.25) is 9.59 Å². The van der Waals surface area contributed by atoms with E-state index in [-0.39, 0.29) is 5.92 Å². The SMILES string of the molecule is Cc1ccc(C(=O)NC(C(=O)OCC(=O)Nc2cc(C)nn2-c2nc(C)cc(C)n2)C(C)C)cc1. The monoisotopic (exact) mass is 478 g/mol. The number of nitrogens with one attached hydrogen (secondary N) is 2. The first kappa shape index (κ1) is 25.5. The Balaban J connectivity index is 1.64. The second kappa shape index (κ2) is 10.9. The van der Waals surface area contributed by atoms with Crippen LogP contribution in [0.1, 0.15) is 46.9 Å². The minimum absolute atomic E-state index is 0.245. The number of carbonyl (C=O) groups excluding carboxylic acids is 3. The number of aryl methyl sites for hydroxylation is 4. The highest BCUT2D eigenvalue weighted by Crippen LogP contribution is 2.15. The summed E-state index contributed by atoms with van der Waals surface area (Å²) in [5.74, 6) is -1.22. The van der Waals surface area contributed by atoms with Crippen LogP contribution in [-0.4, -0.2) is 50.2 Å². The Hall–Kier alpha value is -4.08. The topological polar surface area (TPSA) is 128 Å². The molecule has 0 aliphatic rings. The third-order valence-electron chi connectivity index (χ3n) is 5.13. The standard InChI is InChI=1S/C25H30N6O4/c1-14(2)22(29-23(33)19-9-7-15(3)8-10-19)24(34)35-13-21(32)28-20-12-18(6)30-31(20)25-26-16(4)11-17(5)27-25/h7-12,14,22H,13H2,1-6H3,(H,28,32)(H,29,33). The summed E-state index contributed by atoms with van der Waals surface area (Å²) < 4.78 is 6.64. The minimum Gasteiger partial charge on any atom is -0.454 e. The predicted octanol–water partition coefficient (Wildman–Crippen LogP) is 2.83. The maximum absolute atomic E-state index is 12.7. The van der Waals surface area contributed by atoms with Crippen molar-refractivity contribution in [2.75, 3.05) is 11.9 Å². The van der Waals surface area contributed by atoms with E-state index in [1.54, 1.807) is 39.0 Å². The van der Waals surface area contributed by atoms with Crippen molar-refractivity contribution in [2.24, 2.45) is 5.92 Å². The Kier molecular flexibility index (Phi) is 7.95. The number of nitrogens with zero attached hydrogens (tertiary/aromatic N) is 4. The Labute approximate surface area is 204 Å². The lowest BCUT2D eigenvalue weighted by atomic mass is 10.0. The fourth-order valence-corrected chi connectivity index (χ4v) is 3.38. The summed E-state index contributed by atoms with van der Waals surface area (Å²) >= 11 is 0. The normalized spacial score (nSPS) is 11.7. The van der Waals surface area contributed by atoms with Gasteiger partial charge in [0, 0.05) is 23.0 Å². The van der Waals surface area contributed by atoms with Crippen molar-refractivity contribution in [3.8, 4) is 5.95 Å². The van der Waals surface area contributed by atoms with Gasteiger partial charge in [-0.25, -0.2) is 14.8 Å². The van der Waals surface area contributed by atoms with Crippen LogP contribution >= 0.6 is 0 Å². The average molecular weight is 479 g/mol. The van der Waals surface area contributed by atoms with E-state index in [1.165, 1.54) is 4.68 Å². The summed E-state index contributed by atoms with van der Waals surface area (Å²) in [4.78, 5) is 46.5. The third kappa shape index (κ3) is 6.72. The van der Waals surface area contributed by atoms with E-state index < -0.39 is 30.4 Å². The molecule has 1 atom stereocenters. The lowest BCUT2D eigenvalue weighted by Crippen LogP contribution is -2.46. The number of anilines is 1. The van der Waals surface area contributed by atoms with Gasteiger partial charge >= 0.3 is 5.97 Å². The molecule has 35 heavy (non-hydrogen) atoms. The van der Waals surface area contributed by atoms with E-state index >= 15 is 0 Å². The predicted molar refractivity (Wildman–Crippen MR) is 130 cm³/mol. The molecule has 0 bridgehead atoms. The van der Waals surface area contributed by atoms with Crippen LogP contribution in [0, 0.1) is 33.6 Å². The Morgan fingerprint density at radius 2 is 1.57 bits per heavy atom. The van der Waals surface area contributed by atoms with Crippen molar-refractivity contribution in [1.29, 1.82) is 0 Å². The van der Waals surface area contributed by atoms with Crippen LogP contribution in [0.4, 0.5) is 5.82 Å². The molecule has 2 N–H and O–H groups in total. The summed E-state index contributed by atoms with van der Waals surface area (Å²) in [6.45, 7) is 10.4. The van der Waals surface area contributed by atoms with Gasteiger partial charge in [0.2, 0.25) is 0 Å². The van der Waals surface area contributed by atoms with Crippen LogP contribution in [0.25, 0.3) is 5.95 Å². The van der Waals surface area contributed by atoms with Crippen LogP contribution < -0.4 is 10.6 Å². The summed E-state index contributed by atoms with van der Waals surface area (Å²) in [5.41, 5.74) is 3.63.